The quantitative estimate of drug-likeness (QED) is 0.476. The van der Waals surface area contributed by atoms with Crippen molar-refractivity contribution >= 4 is 45.5 Å². The smallest absolute Gasteiger partial charge is 0.283 e. The van der Waals surface area contributed by atoms with E-state index < -0.39 is 10.8 Å². The highest BCUT2D eigenvalue weighted by Crippen LogP contribution is 2.33. The van der Waals surface area contributed by atoms with Gasteiger partial charge >= 0.3 is 0 Å². The molecule has 0 radical (unpaired) electrons. The summed E-state index contributed by atoms with van der Waals surface area (Å²) in [6, 6.07) is 9.39. The van der Waals surface area contributed by atoms with Gasteiger partial charge in [-0.3, -0.25) is 20.3 Å². The van der Waals surface area contributed by atoms with Gasteiger partial charge in [-0.15, -0.1) is 0 Å². The number of carbonyl (C=O) groups excluding carboxylic acids is 1. The predicted octanol–water partition coefficient (Wildman–Crippen LogP) is 3.88. The molecule has 0 fully saturated rings. The average molecular weight is 395 g/mol. The van der Waals surface area contributed by atoms with Crippen LogP contribution >= 0.6 is 11.8 Å². The summed E-state index contributed by atoms with van der Waals surface area (Å²) in [4.78, 5) is 27.1. The van der Waals surface area contributed by atoms with Crippen LogP contribution in [0.5, 0.6) is 0 Å². The van der Waals surface area contributed by atoms with Crippen LogP contribution in [-0.2, 0) is 4.79 Å². The second kappa shape index (κ2) is 6.89. The van der Waals surface area contributed by atoms with Crippen molar-refractivity contribution < 1.29 is 14.1 Å². The molecule has 3 heterocycles. The molecule has 1 amide bonds. The summed E-state index contributed by atoms with van der Waals surface area (Å²) < 4.78 is 5.68. The Labute approximate surface area is 163 Å². The van der Waals surface area contributed by atoms with Crippen LogP contribution in [-0.4, -0.2) is 31.9 Å². The molecule has 0 unspecified atom stereocenters. The van der Waals surface area contributed by atoms with E-state index in [9.17, 15) is 14.9 Å². The van der Waals surface area contributed by atoms with Gasteiger partial charge in [-0.05, 0) is 42.5 Å². The molecule has 0 bridgehead atoms. The number of hydrazone groups is 1. The Balaban J connectivity index is 1.68. The number of furan rings is 1. The standard InChI is InChI=1S/C18H13N5O4S/c1-2-15-21-22-16(19)12(17(24)20-18(22)28-15)9-10-7-8-14(27-10)11-5-3-4-6-13(11)23(25)26/h3-9,19H,2H2,1H3/b12-9+,19-16?. The molecule has 9 nitrogen and oxygen atoms in total. The molecule has 1 N–H and O–H groups in total. The Morgan fingerprint density at radius 2 is 2.11 bits per heavy atom. The third-order valence-corrected chi connectivity index (χ3v) is 5.13. The van der Waals surface area contributed by atoms with Gasteiger partial charge in [0.15, 0.2) is 5.84 Å². The lowest BCUT2D eigenvalue weighted by atomic mass is 10.1. The molecule has 2 aliphatic heterocycles. The number of nitrogens with zero attached hydrogens (tertiary/aromatic N) is 4. The second-order valence-electron chi connectivity index (χ2n) is 5.84. The summed E-state index contributed by atoms with van der Waals surface area (Å²) in [6.45, 7) is 1.93. The van der Waals surface area contributed by atoms with Crippen LogP contribution in [0, 0.1) is 15.5 Å². The fourth-order valence-corrected chi connectivity index (χ4v) is 3.56. The van der Waals surface area contributed by atoms with E-state index in [0.717, 1.165) is 5.04 Å². The summed E-state index contributed by atoms with van der Waals surface area (Å²) in [5, 5.41) is 26.2. The maximum absolute atomic E-state index is 12.3. The zero-order chi connectivity index (χ0) is 19.8. The number of hydrogen-bond acceptors (Lipinski definition) is 7. The van der Waals surface area contributed by atoms with Crippen LogP contribution in [0.2, 0.25) is 0 Å². The molecule has 2 aliphatic rings. The number of amidine groups is 2. The number of nitro groups is 1. The minimum Gasteiger partial charge on any atom is -0.456 e. The minimum atomic E-state index is -0.556. The fourth-order valence-electron chi connectivity index (χ4n) is 2.73. The van der Waals surface area contributed by atoms with Crippen LogP contribution in [0.4, 0.5) is 5.69 Å². The van der Waals surface area contributed by atoms with Crippen LogP contribution in [0.25, 0.3) is 17.4 Å². The van der Waals surface area contributed by atoms with Crippen molar-refractivity contribution in [1.29, 1.82) is 5.41 Å². The summed E-state index contributed by atoms with van der Waals surface area (Å²) in [6.07, 6.45) is 2.07. The van der Waals surface area contributed by atoms with Crippen LogP contribution < -0.4 is 0 Å². The second-order valence-corrected chi connectivity index (χ2v) is 6.88. The first-order valence-electron chi connectivity index (χ1n) is 8.30. The highest BCUT2D eigenvalue weighted by molar-refractivity contribution is 8.26. The lowest BCUT2D eigenvalue weighted by molar-refractivity contribution is -0.384. The third kappa shape index (κ3) is 3.03. The molecule has 0 saturated heterocycles. The molecule has 1 aromatic carbocycles. The Bertz CT molecular complexity index is 1110. The van der Waals surface area contributed by atoms with Crippen LogP contribution in [0.1, 0.15) is 19.1 Å². The van der Waals surface area contributed by atoms with E-state index >= 15 is 0 Å². The zero-order valence-electron chi connectivity index (χ0n) is 14.6. The van der Waals surface area contributed by atoms with Crippen molar-refractivity contribution in [2.75, 3.05) is 0 Å². The maximum Gasteiger partial charge on any atom is 0.283 e. The zero-order valence-corrected chi connectivity index (χ0v) is 15.4. The topological polar surface area (TPSA) is 125 Å². The van der Waals surface area contributed by atoms with E-state index in [2.05, 4.69) is 10.1 Å². The van der Waals surface area contributed by atoms with Crippen molar-refractivity contribution in [3.63, 3.8) is 0 Å². The van der Waals surface area contributed by atoms with Gasteiger partial charge in [-0.25, -0.2) is 0 Å². The van der Waals surface area contributed by atoms with E-state index in [-0.39, 0.29) is 22.9 Å². The molecule has 28 heavy (non-hydrogen) atoms. The first-order chi connectivity index (χ1) is 13.5. The monoisotopic (exact) mass is 395 g/mol. The fraction of sp³-hybridized carbons (Fsp3) is 0.111. The number of hydrogen-bond donors (Lipinski definition) is 1. The molecule has 4 rings (SSSR count). The van der Waals surface area contributed by atoms with E-state index in [4.69, 9.17) is 9.83 Å². The molecule has 140 valence electrons. The number of nitro benzene ring substituents is 1. The highest BCUT2D eigenvalue weighted by Gasteiger charge is 2.35. The van der Waals surface area contributed by atoms with Crippen LogP contribution in [0.15, 0.2) is 56.5 Å². The number of carbonyl (C=O) groups is 1. The number of aliphatic imine (C=N–C) groups is 1. The Morgan fingerprint density at radius 1 is 1.32 bits per heavy atom. The summed E-state index contributed by atoms with van der Waals surface area (Å²) in [7, 11) is 0. The summed E-state index contributed by atoms with van der Waals surface area (Å²) in [5.74, 6) is -0.0675. The first-order valence-corrected chi connectivity index (χ1v) is 9.12. The Hall–Kier alpha value is -3.53. The lowest BCUT2D eigenvalue weighted by Gasteiger charge is -2.19. The molecule has 10 heteroatoms. The number of rotatable bonds is 4. The van der Waals surface area contributed by atoms with Gasteiger partial charge in [0.05, 0.1) is 16.1 Å². The van der Waals surface area contributed by atoms with Gasteiger partial charge in [0, 0.05) is 6.07 Å². The first kappa shape index (κ1) is 17.9. The maximum atomic E-state index is 12.3. The van der Waals surface area contributed by atoms with E-state index in [1.54, 1.807) is 30.3 Å². The van der Waals surface area contributed by atoms with Crippen molar-refractivity contribution in [2.45, 2.75) is 13.3 Å². The number of para-hydroxylation sites is 1. The normalized spacial score (nSPS) is 17.6. The number of nitrogens with one attached hydrogen (secondary N) is 1. The molecular formula is C18H13N5O4S. The van der Waals surface area contributed by atoms with Crippen molar-refractivity contribution in [1.82, 2.24) is 5.01 Å². The van der Waals surface area contributed by atoms with Crippen molar-refractivity contribution in [2.24, 2.45) is 10.1 Å². The van der Waals surface area contributed by atoms with Gasteiger partial charge in [-0.2, -0.15) is 15.1 Å². The number of fused-ring (bicyclic) bond motifs is 1. The minimum absolute atomic E-state index is 0.0360. The molecular weight excluding hydrogens is 382 g/mol. The number of benzene rings is 1. The molecule has 2 aromatic rings. The molecule has 0 aliphatic carbocycles. The number of thioether (sulfide) groups is 1. The predicted molar refractivity (Wildman–Crippen MR) is 106 cm³/mol. The third-order valence-electron chi connectivity index (χ3n) is 4.08. The SMILES string of the molecule is CCC1=NN2C(=N)/C(=C\c3ccc(-c4ccccc4[N+](=O)[O-])o3)C(=O)N=C2S1. The summed E-state index contributed by atoms with van der Waals surface area (Å²) in [5.41, 5.74) is 0.284. The van der Waals surface area contributed by atoms with E-state index in [1.807, 2.05) is 6.92 Å². The van der Waals surface area contributed by atoms with Gasteiger partial charge in [0.2, 0.25) is 5.17 Å². The van der Waals surface area contributed by atoms with Gasteiger partial charge < -0.3 is 4.42 Å². The van der Waals surface area contributed by atoms with Crippen molar-refractivity contribution in [3.8, 4) is 11.3 Å². The van der Waals surface area contributed by atoms with Gasteiger partial charge in [0.25, 0.3) is 11.6 Å². The Kier molecular flexibility index (Phi) is 4.40. The van der Waals surface area contributed by atoms with Crippen molar-refractivity contribution in [3.05, 3.63) is 57.8 Å². The van der Waals surface area contributed by atoms with Gasteiger partial charge in [-0.1, -0.05) is 19.1 Å². The molecule has 0 spiro atoms. The van der Waals surface area contributed by atoms with Gasteiger partial charge in [0.1, 0.15) is 16.6 Å². The van der Waals surface area contributed by atoms with Crippen LogP contribution in [0.3, 0.4) is 0 Å². The summed E-state index contributed by atoms with van der Waals surface area (Å²) >= 11 is 1.27. The van der Waals surface area contributed by atoms with E-state index in [1.165, 1.54) is 28.9 Å². The molecule has 0 atom stereocenters. The highest BCUT2D eigenvalue weighted by atomic mass is 32.2. The molecule has 1 aromatic heterocycles. The van der Waals surface area contributed by atoms with E-state index in [0.29, 0.717) is 22.9 Å². The average Bonchev–Trinajstić information content (AvgIpc) is 3.32. The Morgan fingerprint density at radius 3 is 2.86 bits per heavy atom. The lowest BCUT2D eigenvalue weighted by Crippen LogP contribution is -2.35. The largest absolute Gasteiger partial charge is 0.456 e. The molecule has 0 saturated carbocycles. The number of amides is 1.